The van der Waals surface area contributed by atoms with Crippen molar-refractivity contribution in [3.63, 3.8) is 0 Å². The number of nitrogens with two attached hydrogens (primary N) is 1. The number of halogens is 2. The van der Waals surface area contributed by atoms with Crippen LogP contribution in [0.1, 0.15) is 37.4 Å². The molecule has 2 aromatic heterocycles. The molecule has 7 nitrogen and oxygen atoms in total. The molecule has 1 unspecified atom stereocenters. The predicted octanol–water partition coefficient (Wildman–Crippen LogP) is 5.20. The summed E-state index contributed by atoms with van der Waals surface area (Å²) in [6.07, 6.45) is 1.37. The summed E-state index contributed by atoms with van der Waals surface area (Å²) >= 11 is 6.09. The van der Waals surface area contributed by atoms with Gasteiger partial charge in [-0.25, -0.2) is 22.0 Å². The number of hydrogen-bond donors (Lipinski definition) is 1. The van der Waals surface area contributed by atoms with E-state index in [0.29, 0.717) is 22.7 Å². The van der Waals surface area contributed by atoms with Gasteiger partial charge in [0.2, 0.25) is 0 Å². The second-order valence-corrected chi connectivity index (χ2v) is 13.4. The van der Waals surface area contributed by atoms with Gasteiger partial charge in [0.15, 0.2) is 20.4 Å². The number of fused-ring (bicyclic) bond motifs is 1. The first-order valence-electron chi connectivity index (χ1n) is 11.0. The first-order chi connectivity index (χ1) is 16.9. The molecule has 2 atom stereocenters. The number of pyridine rings is 1. The Balaban J connectivity index is 1.87. The molecule has 2 N–H and O–H groups in total. The highest BCUT2D eigenvalue weighted by atomic mass is 35.5. The van der Waals surface area contributed by atoms with Crippen LogP contribution in [0.4, 0.5) is 4.39 Å². The number of hydrogen-bond acceptors (Lipinski definition) is 6. The molecule has 0 radical (unpaired) electrons. The summed E-state index contributed by atoms with van der Waals surface area (Å²) in [7, 11) is -5.32. The number of rotatable bonds is 8. The molecule has 11 heteroatoms. The zero-order chi connectivity index (χ0) is 26.3. The van der Waals surface area contributed by atoms with Gasteiger partial charge in [0, 0.05) is 28.3 Å². The van der Waals surface area contributed by atoms with Crippen LogP contribution in [0.15, 0.2) is 64.1 Å². The Morgan fingerprint density at radius 3 is 2.58 bits per heavy atom. The Labute approximate surface area is 216 Å². The third-order valence-corrected chi connectivity index (χ3v) is 8.56. The van der Waals surface area contributed by atoms with Gasteiger partial charge in [0.1, 0.15) is 11.5 Å². The Morgan fingerprint density at radius 2 is 1.89 bits per heavy atom. The lowest BCUT2D eigenvalue weighted by Gasteiger charge is -2.29. The van der Waals surface area contributed by atoms with Crippen LogP contribution in [0.5, 0.6) is 0 Å². The standard InChI is InChI=1S/C25H25ClFN3O4S2/c1-25(2,35(28)31)14-15(12-21-20(27)10-11-23(29-21)36(3,32)33)17-6-4-5-7-18(17)24-19-9-8-16(26)13-22(19)34-30-24/h4-11,13,15H,12,14,28H2,1-3H3/t15-,35?/m0/s1. The van der Waals surface area contributed by atoms with E-state index < -0.39 is 37.3 Å². The van der Waals surface area contributed by atoms with E-state index in [0.717, 1.165) is 34.9 Å². The van der Waals surface area contributed by atoms with Crippen molar-refractivity contribution >= 4 is 43.4 Å². The summed E-state index contributed by atoms with van der Waals surface area (Å²) in [5, 5.41) is 11.1. The molecular weight excluding hydrogens is 525 g/mol. The molecule has 0 spiro atoms. The van der Waals surface area contributed by atoms with Gasteiger partial charge in [-0.1, -0.05) is 41.0 Å². The van der Waals surface area contributed by atoms with Gasteiger partial charge in [-0.05, 0) is 62.4 Å². The second kappa shape index (κ2) is 10.0. The van der Waals surface area contributed by atoms with Crippen LogP contribution in [0.25, 0.3) is 22.2 Å². The second-order valence-electron chi connectivity index (χ2n) is 9.27. The van der Waals surface area contributed by atoms with Gasteiger partial charge in [0.05, 0.1) is 21.4 Å². The van der Waals surface area contributed by atoms with Crippen molar-refractivity contribution < 1.29 is 21.5 Å². The fourth-order valence-corrected chi connectivity index (χ4v) is 5.31. The fourth-order valence-electron chi connectivity index (χ4n) is 4.19. The van der Waals surface area contributed by atoms with E-state index in [-0.39, 0.29) is 17.1 Å². The number of sulfone groups is 1. The van der Waals surface area contributed by atoms with Crippen molar-refractivity contribution in [2.24, 2.45) is 5.14 Å². The molecular formula is C25H25ClFN3O4S2. The Hall–Kier alpha value is -2.66. The highest BCUT2D eigenvalue weighted by Gasteiger charge is 2.32. The molecule has 0 amide bonds. The van der Waals surface area contributed by atoms with Crippen molar-refractivity contribution in [3.8, 4) is 11.3 Å². The topological polar surface area (TPSA) is 116 Å². The van der Waals surface area contributed by atoms with Crippen LogP contribution in [-0.4, -0.2) is 33.8 Å². The molecule has 0 bridgehead atoms. The van der Waals surface area contributed by atoms with Crippen molar-refractivity contribution in [3.05, 3.63) is 76.7 Å². The van der Waals surface area contributed by atoms with Crippen LogP contribution in [0.3, 0.4) is 0 Å². The third kappa shape index (κ3) is 5.51. The fraction of sp³-hybridized carbons (Fsp3) is 0.280. The minimum Gasteiger partial charge on any atom is -0.356 e. The average molecular weight is 550 g/mol. The number of nitrogens with zero attached hydrogens (tertiary/aromatic N) is 2. The van der Waals surface area contributed by atoms with Crippen molar-refractivity contribution in [1.82, 2.24) is 10.1 Å². The molecule has 0 aliphatic rings. The number of benzene rings is 2. The van der Waals surface area contributed by atoms with Gasteiger partial charge in [-0.3, -0.25) is 5.14 Å². The van der Waals surface area contributed by atoms with E-state index in [1.165, 1.54) is 0 Å². The summed E-state index contributed by atoms with van der Waals surface area (Å²) < 4.78 is 56.0. The summed E-state index contributed by atoms with van der Waals surface area (Å²) in [5.74, 6) is -1.06. The minimum absolute atomic E-state index is 0.00637. The average Bonchev–Trinajstić information content (AvgIpc) is 3.21. The lowest BCUT2D eigenvalue weighted by Crippen LogP contribution is -2.34. The van der Waals surface area contributed by atoms with E-state index in [2.05, 4.69) is 10.1 Å². The highest BCUT2D eigenvalue weighted by molar-refractivity contribution is 7.90. The van der Waals surface area contributed by atoms with Crippen LogP contribution in [-0.2, 0) is 27.2 Å². The number of aromatic nitrogens is 2. The normalized spacial score (nSPS) is 14.2. The Bertz CT molecular complexity index is 1570. The molecule has 36 heavy (non-hydrogen) atoms. The smallest absolute Gasteiger partial charge is 0.192 e. The quantitative estimate of drug-likeness (QED) is 0.323. The summed E-state index contributed by atoms with van der Waals surface area (Å²) in [4.78, 5) is 4.12. The van der Waals surface area contributed by atoms with E-state index in [1.807, 2.05) is 30.3 Å². The molecule has 0 saturated carbocycles. The molecule has 190 valence electrons. The highest BCUT2D eigenvalue weighted by Crippen LogP contribution is 2.39. The van der Waals surface area contributed by atoms with Gasteiger partial charge >= 0.3 is 0 Å². The van der Waals surface area contributed by atoms with E-state index in [1.54, 1.807) is 26.0 Å². The maximum Gasteiger partial charge on any atom is 0.192 e. The minimum atomic E-state index is -3.64. The first-order valence-corrected chi connectivity index (χ1v) is 14.5. The van der Waals surface area contributed by atoms with E-state index in [4.69, 9.17) is 21.3 Å². The summed E-state index contributed by atoms with van der Waals surface area (Å²) in [5.41, 5.74) is 2.61. The SMILES string of the molecule is CC(C)(C[C@H](Cc1nc(S(C)(=O)=O)ccc1F)c1ccccc1-c1noc2cc(Cl)ccc12)S(N)=O. The molecule has 2 aromatic carbocycles. The molecule has 0 aliphatic carbocycles. The van der Waals surface area contributed by atoms with Crippen LogP contribution in [0, 0.1) is 5.82 Å². The van der Waals surface area contributed by atoms with Gasteiger partial charge in [0.25, 0.3) is 0 Å². The third-order valence-electron chi connectivity index (χ3n) is 6.09. The Morgan fingerprint density at radius 1 is 1.17 bits per heavy atom. The zero-order valence-corrected chi connectivity index (χ0v) is 22.3. The van der Waals surface area contributed by atoms with Gasteiger partial charge < -0.3 is 4.52 Å². The largest absolute Gasteiger partial charge is 0.356 e. The maximum absolute atomic E-state index is 14.9. The monoisotopic (exact) mass is 549 g/mol. The maximum atomic E-state index is 14.9. The first kappa shape index (κ1) is 26.4. The van der Waals surface area contributed by atoms with Crippen molar-refractivity contribution in [2.45, 2.75) is 42.4 Å². The lowest BCUT2D eigenvalue weighted by molar-refractivity contribution is 0.459. The molecule has 0 saturated heterocycles. The molecule has 4 aromatic rings. The lowest BCUT2D eigenvalue weighted by atomic mass is 9.83. The molecule has 2 heterocycles. The molecule has 0 fully saturated rings. The van der Waals surface area contributed by atoms with Crippen LogP contribution >= 0.6 is 11.6 Å². The van der Waals surface area contributed by atoms with Crippen molar-refractivity contribution in [1.29, 1.82) is 0 Å². The van der Waals surface area contributed by atoms with Crippen LogP contribution in [0.2, 0.25) is 5.02 Å². The van der Waals surface area contributed by atoms with E-state index >= 15 is 0 Å². The molecule has 4 rings (SSSR count). The summed E-state index contributed by atoms with van der Waals surface area (Å²) in [6.45, 7) is 3.53. The Kier molecular flexibility index (Phi) is 7.34. The van der Waals surface area contributed by atoms with Gasteiger partial charge in [-0.2, -0.15) is 0 Å². The van der Waals surface area contributed by atoms with Crippen molar-refractivity contribution in [2.75, 3.05) is 6.26 Å². The zero-order valence-electron chi connectivity index (χ0n) is 19.9. The molecule has 0 aliphatic heterocycles. The van der Waals surface area contributed by atoms with Crippen LogP contribution < -0.4 is 5.14 Å². The van der Waals surface area contributed by atoms with Gasteiger partial charge in [-0.15, -0.1) is 0 Å². The summed E-state index contributed by atoms with van der Waals surface area (Å²) in [6, 6.07) is 14.9. The predicted molar refractivity (Wildman–Crippen MR) is 139 cm³/mol. The van der Waals surface area contributed by atoms with E-state index in [9.17, 15) is 17.0 Å².